The van der Waals surface area contributed by atoms with E-state index < -0.39 is 0 Å². The van der Waals surface area contributed by atoms with Crippen molar-refractivity contribution < 1.29 is 4.74 Å². The molecule has 3 atom stereocenters. The van der Waals surface area contributed by atoms with Gasteiger partial charge in [-0.2, -0.15) is 5.26 Å². The van der Waals surface area contributed by atoms with Crippen molar-refractivity contribution in [3.63, 3.8) is 0 Å². The summed E-state index contributed by atoms with van der Waals surface area (Å²) >= 11 is 0. The topological polar surface area (TPSA) is 70.8 Å². The van der Waals surface area contributed by atoms with Crippen LogP contribution in [-0.2, 0) is 4.74 Å². The maximum absolute atomic E-state index is 8.92. The Hall–Kier alpha value is -2.45. The Labute approximate surface area is 136 Å². The Kier molecular flexibility index (Phi) is 4.84. The average molecular weight is 308 g/mol. The minimum atomic E-state index is 0.112. The van der Waals surface area contributed by atoms with Crippen molar-refractivity contribution >= 4 is 5.82 Å². The Balaban J connectivity index is 1.69. The van der Waals surface area contributed by atoms with E-state index in [1.807, 2.05) is 12.1 Å². The highest BCUT2D eigenvalue weighted by Gasteiger charge is 2.31. The van der Waals surface area contributed by atoms with E-state index in [4.69, 9.17) is 10.00 Å². The van der Waals surface area contributed by atoms with Crippen LogP contribution in [0.4, 0.5) is 5.82 Å². The SMILES string of the molecule is COC1CC(c2ccccc2)CCC1Nc1cncc(C#N)n1. The molecule has 1 saturated carbocycles. The summed E-state index contributed by atoms with van der Waals surface area (Å²) in [4.78, 5) is 8.29. The van der Waals surface area contributed by atoms with Gasteiger partial charge >= 0.3 is 0 Å². The largest absolute Gasteiger partial charge is 0.379 e. The molecule has 0 aliphatic heterocycles. The number of methoxy groups -OCH3 is 1. The van der Waals surface area contributed by atoms with Gasteiger partial charge in [-0.3, -0.25) is 4.98 Å². The maximum atomic E-state index is 8.92. The van der Waals surface area contributed by atoms with Crippen LogP contribution in [-0.4, -0.2) is 29.2 Å². The van der Waals surface area contributed by atoms with Gasteiger partial charge in [0, 0.05) is 7.11 Å². The number of nitrogens with one attached hydrogen (secondary N) is 1. The summed E-state index contributed by atoms with van der Waals surface area (Å²) in [5, 5.41) is 12.3. The van der Waals surface area contributed by atoms with Crippen molar-refractivity contribution in [2.24, 2.45) is 0 Å². The molecule has 0 radical (unpaired) electrons. The van der Waals surface area contributed by atoms with E-state index >= 15 is 0 Å². The van der Waals surface area contributed by atoms with Gasteiger partial charge in [0.1, 0.15) is 11.9 Å². The van der Waals surface area contributed by atoms with Crippen LogP contribution in [0.3, 0.4) is 0 Å². The number of ether oxygens (including phenoxy) is 1. The predicted octanol–water partition coefficient (Wildman–Crippen LogP) is 3.11. The number of aromatic nitrogens is 2. The molecule has 23 heavy (non-hydrogen) atoms. The number of nitrogens with zero attached hydrogens (tertiary/aromatic N) is 3. The van der Waals surface area contributed by atoms with E-state index in [1.54, 1.807) is 13.3 Å². The second-order valence-corrected chi connectivity index (χ2v) is 5.85. The summed E-state index contributed by atoms with van der Waals surface area (Å²) in [6.07, 6.45) is 6.30. The minimum absolute atomic E-state index is 0.112. The van der Waals surface area contributed by atoms with E-state index in [9.17, 15) is 0 Å². The molecule has 0 amide bonds. The summed E-state index contributed by atoms with van der Waals surface area (Å²) in [7, 11) is 1.75. The molecule has 5 nitrogen and oxygen atoms in total. The summed E-state index contributed by atoms with van der Waals surface area (Å²) < 4.78 is 5.71. The average Bonchev–Trinajstić information content (AvgIpc) is 2.63. The van der Waals surface area contributed by atoms with E-state index in [1.165, 1.54) is 11.8 Å². The van der Waals surface area contributed by atoms with Gasteiger partial charge in [-0.05, 0) is 30.7 Å². The summed E-state index contributed by atoms with van der Waals surface area (Å²) in [5.41, 5.74) is 1.70. The fraction of sp³-hybridized carbons (Fsp3) is 0.389. The molecule has 3 rings (SSSR count). The van der Waals surface area contributed by atoms with Gasteiger partial charge in [0.15, 0.2) is 5.69 Å². The number of nitriles is 1. The lowest BCUT2D eigenvalue weighted by Gasteiger charge is -2.36. The van der Waals surface area contributed by atoms with Crippen LogP contribution in [0.15, 0.2) is 42.7 Å². The molecule has 1 aliphatic carbocycles. The third-order valence-corrected chi connectivity index (χ3v) is 4.45. The second kappa shape index (κ2) is 7.21. The first-order chi connectivity index (χ1) is 11.3. The van der Waals surface area contributed by atoms with Crippen molar-refractivity contribution in [1.82, 2.24) is 9.97 Å². The molecule has 0 bridgehead atoms. The third-order valence-electron chi connectivity index (χ3n) is 4.45. The minimum Gasteiger partial charge on any atom is -0.379 e. The van der Waals surface area contributed by atoms with Gasteiger partial charge in [-0.25, -0.2) is 4.98 Å². The summed E-state index contributed by atoms with van der Waals surface area (Å²) in [6, 6.07) is 12.8. The standard InChI is InChI=1S/C18H20N4O/c1-23-17-9-14(13-5-3-2-4-6-13)7-8-16(17)22-18-12-20-11-15(10-19)21-18/h2-6,11-12,14,16-17H,7-9H2,1H3,(H,21,22). The van der Waals surface area contributed by atoms with Crippen molar-refractivity contribution in [1.29, 1.82) is 5.26 Å². The van der Waals surface area contributed by atoms with Crippen molar-refractivity contribution in [2.75, 3.05) is 12.4 Å². The fourth-order valence-electron chi connectivity index (χ4n) is 3.26. The molecular formula is C18H20N4O. The molecule has 1 aromatic heterocycles. The quantitative estimate of drug-likeness (QED) is 0.939. The van der Waals surface area contributed by atoms with Gasteiger partial charge in [0.25, 0.3) is 0 Å². The van der Waals surface area contributed by atoms with E-state index in [-0.39, 0.29) is 12.1 Å². The van der Waals surface area contributed by atoms with Crippen molar-refractivity contribution in [3.05, 3.63) is 54.0 Å². The van der Waals surface area contributed by atoms with Crippen LogP contribution in [0.25, 0.3) is 0 Å². The lowest BCUT2D eigenvalue weighted by molar-refractivity contribution is 0.0531. The molecule has 0 spiro atoms. The first kappa shape index (κ1) is 15.4. The molecule has 5 heteroatoms. The van der Waals surface area contributed by atoms with E-state index in [2.05, 4.69) is 39.6 Å². The Morgan fingerprint density at radius 2 is 2.04 bits per heavy atom. The normalized spacial score (nSPS) is 23.9. The van der Waals surface area contributed by atoms with Crippen molar-refractivity contribution in [3.8, 4) is 6.07 Å². The lowest BCUT2D eigenvalue weighted by atomic mass is 9.80. The molecule has 1 N–H and O–H groups in total. The lowest BCUT2D eigenvalue weighted by Crippen LogP contribution is -2.40. The van der Waals surface area contributed by atoms with Gasteiger partial charge in [0.05, 0.1) is 24.5 Å². The molecule has 1 fully saturated rings. The molecule has 1 heterocycles. The molecule has 3 unspecified atom stereocenters. The predicted molar refractivity (Wildman–Crippen MR) is 88.0 cm³/mol. The summed E-state index contributed by atoms with van der Waals surface area (Å²) in [5.74, 6) is 1.16. The zero-order chi connectivity index (χ0) is 16.1. The molecule has 1 aliphatic rings. The van der Waals surface area contributed by atoms with Gasteiger partial charge in [-0.15, -0.1) is 0 Å². The van der Waals surface area contributed by atoms with Crippen LogP contribution >= 0.6 is 0 Å². The highest BCUT2D eigenvalue weighted by Crippen LogP contribution is 2.35. The zero-order valence-electron chi connectivity index (χ0n) is 13.1. The number of benzene rings is 1. The first-order valence-corrected chi connectivity index (χ1v) is 7.86. The fourth-order valence-corrected chi connectivity index (χ4v) is 3.26. The molecule has 1 aromatic carbocycles. The third kappa shape index (κ3) is 3.66. The van der Waals surface area contributed by atoms with Crippen LogP contribution in [0.1, 0.15) is 36.4 Å². The number of hydrogen-bond donors (Lipinski definition) is 1. The zero-order valence-corrected chi connectivity index (χ0v) is 13.1. The molecule has 2 aromatic rings. The smallest absolute Gasteiger partial charge is 0.161 e. The highest BCUT2D eigenvalue weighted by molar-refractivity contribution is 5.36. The maximum Gasteiger partial charge on any atom is 0.161 e. The Morgan fingerprint density at radius 1 is 1.22 bits per heavy atom. The molecule has 118 valence electrons. The van der Waals surface area contributed by atoms with E-state index in [0.29, 0.717) is 17.4 Å². The first-order valence-electron chi connectivity index (χ1n) is 7.86. The molecule has 0 saturated heterocycles. The monoisotopic (exact) mass is 308 g/mol. The van der Waals surface area contributed by atoms with Crippen LogP contribution < -0.4 is 5.32 Å². The summed E-state index contributed by atoms with van der Waals surface area (Å²) in [6.45, 7) is 0. The van der Waals surface area contributed by atoms with Crippen LogP contribution in [0.2, 0.25) is 0 Å². The molecular weight excluding hydrogens is 288 g/mol. The van der Waals surface area contributed by atoms with Crippen LogP contribution in [0.5, 0.6) is 0 Å². The Morgan fingerprint density at radius 3 is 2.78 bits per heavy atom. The number of rotatable bonds is 4. The van der Waals surface area contributed by atoms with E-state index in [0.717, 1.165) is 19.3 Å². The van der Waals surface area contributed by atoms with Gasteiger partial charge in [0.2, 0.25) is 0 Å². The highest BCUT2D eigenvalue weighted by atomic mass is 16.5. The van der Waals surface area contributed by atoms with Crippen molar-refractivity contribution in [2.45, 2.75) is 37.3 Å². The number of hydrogen-bond acceptors (Lipinski definition) is 5. The Bertz CT molecular complexity index is 683. The van der Waals surface area contributed by atoms with Gasteiger partial charge in [-0.1, -0.05) is 30.3 Å². The number of anilines is 1. The van der Waals surface area contributed by atoms with Crippen LogP contribution in [0, 0.1) is 11.3 Å². The van der Waals surface area contributed by atoms with Gasteiger partial charge < -0.3 is 10.1 Å². The second-order valence-electron chi connectivity index (χ2n) is 5.85.